The number of methoxy groups -OCH3 is 1. The van der Waals surface area contributed by atoms with Crippen molar-refractivity contribution in [3.05, 3.63) is 78.3 Å². The number of ether oxygens (including phenoxy) is 1. The molecule has 2 heterocycles. The van der Waals surface area contributed by atoms with Crippen LogP contribution in [0.5, 0.6) is 5.75 Å². The van der Waals surface area contributed by atoms with Gasteiger partial charge in [0.05, 0.1) is 25.3 Å². The molecule has 0 aliphatic rings. The molecule has 3 aromatic rings. The van der Waals surface area contributed by atoms with Crippen molar-refractivity contribution in [2.24, 2.45) is 0 Å². The molecule has 1 atom stereocenters. The highest BCUT2D eigenvalue weighted by Crippen LogP contribution is 2.30. The highest BCUT2D eigenvalue weighted by Gasteiger charge is 2.23. The number of nitrogens with zero attached hydrogens (tertiary/aromatic N) is 1. The van der Waals surface area contributed by atoms with Gasteiger partial charge in [-0.1, -0.05) is 18.2 Å². The third-order valence-electron chi connectivity index (χ3n) is 3.57. The average Bonchev–Trinajstić information content (AvgIpc) is 3.16. The van der Waals surface area contributed by atoms with Gasteiger partial charge < -0.3 is 19.8 Å². The number of benzene rings is 1. The Morgan fingerprint density at radius 2 is 2.08 bits per heavy atom. The molecule has 0 radical (unpaired) electrons. The smallest absolute Gasteiger partial charge is 0.320 e. The molecule has 2 aromatic heterocycles. The maximum Gasteiger partial charge on any atom is 0.320 e. The molecule has 0 saturated heterocycles. The first-order valence-corrected chi connectivity index (χ1v) is 7.52. The van der Waals surface area contributed by atoms with Gasteiger partial charge in [-0.25, -0.2) is 9.18 Å². The molecule has 0 spiro atoms. The van der Waals surface area contributed by atoms with Gasteiger partial charge in [0.1, 0.15) is 17.6 Å². The number of para-hydroxylation sites is 1. The molecule has 0 aliphatic carbocycles. The lowest BCUT2D eigenvalue weighted by molar-refractivity contribution is 0.248. The molecule has 1 aromatic carbocycles. The lowest BCUT2D eigenvalue weighted by Gasteiger charge is -2.20. The lowest BCUT2D eigenvalue weighted by atomic mass is 10.0. The quantitative estimate of drug-likeness (QED) is 0.741. The summed E-state index contributed by atoms with van der Waals surface area (Å²) in [5.74, 6) is 0.499. The van der Waals surface area contributed by atoms with E-state index < -0.39 is 17.9 Å². The van der Waals surface area contributed by atoms with Crippen LogP contribution < -0.4 is 15.4 Å². The van der Waals surface area contributed by atoms with E-state index >= 15 is 0 Å². The maximum atomic E-state index is 13.7. The third kappa shape index (κ3) is 3.77. The molecule has 0 saturated carbocycles. The summed E-state index contributed by atoms with van der Waals surface area (Å²) in [6.07, 6.45) is 3.93. The van der Waals surface area contributed by atoms with E-state index in [0.717, 1.165) is 6.20 Å². The predicted octanol–water partition coefficient (Wildman–Crippen LogP) is 3.73. The predicted molar refractivity (Wildman–Crippen MR) is 89.9 cm³/mol. The SMILES string of the molecule is COc1ccccc1[C@@H](NC(=O)Nc1ccncc1F)c1ccco1. The van der Waals surface area contributed by atoms with Crippen LogP contribution in [-0.2, 0) is 0 Å². The minimum Gasteiger partial charge on any atom is -0.496 e. The van der Waals surface area contributed by atoms with Crippen molar-refractivity contribution in [2.75, 3.05) is 12.4 Å². The van der Waals surface area contributed by atoms with E-state index in [0.29, 0.717) is 17.1 Å². The molecular weight excluding hydrogens is 325 g/mol. The summed E-state index contributed by atoms with van der Waals surface area (Å²) < 4.78 is 24.5. The van der Waals surface area contributed by atoms with Gasteiger partial charge in [-0.05, 0) is 24.3 Å². The zero-order valence-electron chi connectivity index (χ0n) is 13.4. The van der Waals surface area contributed by atoms with Gasteiger partial charge >= 0.3 is 6.03 Å². The largest absolute Gasteiger partial charge is 0.496 e. The number of rotatable bonds is 5. The molecule has 6 nitrogen and oxygen atoms in total. The van der Waals surface area contributed by atoms with E-state index in [1.54, 1.807) is 25.3 Å². The van der Waals surface area contributed by atoms with Gasteiger partial charge in [0.15, 0.2) is 5.82 Å². The number of urea groups is 1. The number of carbonyl (C=O) groups excluding carboxylic acids is 1. The normalized spacial score (nSPS) is 11.6. The summed E-state index contributed by atoms with van der Waals surface area (Å²) in [5.41, 5.74) is 0.746. The molecular formula is C18H16FN3O3. The Morgan fingerprint density at radius 3 is 2.80 bits per heavy atom. The van der Waals surface area contributed by atoms with Gasteiger partial charge in [0.25, 0.3) is 0 Å². The minimum atomic E-state index is -0.621. The van der Waals surface area contributed by atoms with Crippen LogP contribution in [0.3, 0.4) is 0 Å². The number of hydrogen-bond donors (Lipinski definition) is 2. The van der Waals surface area contributed by atoms with Gasteiger partial charge in [-0.15, -0.1) is 0 Å². The second-order valence-corrected chi connectivity index (χ2v) is 5.14. The van der Waals surface area contributed by atoms with E-state index in [9.17, 15) is 9.18 Å². The number of nitrogens with one attached hydrogen (secondary N) is 2. The topological polar surface area (TPSA) is 76.4 Å². The van der Waals surface area contributed by atoms with E-state index in [2.05, 4.69) is 15.6 Å². The molecule has 3 rings (SSSR count). The zero-order chi connectivity index (χ0) is 17.6. The van der Waals surface area contributed by atoms with Crippen LogP contribution in [0.1, 0.15) is 17.4 Å². The van der Waals surface area contributed by atoms with Crippen LogP contribution in [0.25, 0.3) is 0 Å². The monoisotopic (exact) mass is 341 g/mol. The summed E-state index contributed by atoms with van der Waals surface area (Å²) >= 11 is 0. The molecule has 0 bridgehead atoms. The average molecular weight is 341 g/mol. The van der Waals surface area contributed by atoms with E-state index in [1.165, 1.54) is 18.5 Å². The first kappa shape index (κ1) is 16.5. The first-order chi connectivity index (χ1) is 12.2. The van der Waals surface area contributed by atoms with Gasteiger partial charge in [0, 0.05) is 11.8 Å². The number of carbonyl (C=O) groups is 1. The Labute approximate surface area is 143 Å². The van der Waals surface area contributed by atoms with Gasteiger partial charge in [-0.3, -0.25) is 4.98 Å². The molecule has 2 N–H and O–H groups in total. The maximum absolute atomic E-state index is 13.7. The van der Waals surface area contributed by atoms with Gasteiger partial charge in [-0.2, -0.15) is 0 Å². The van der Waals surface area contributed by atoms with Crippen molar-refractivity contribution >= 4 is 11.7 Å². The molecule has 128 valence electrons. The first-order valence-electron chi connectivity index (χ1n) is 7.52. The van der Waals surface area contributed by atoms with E-state index in [4.69, 9.17) is 9.15 Å². The van der Waals surface area contributed by atoms with Crippen LogP contribution in [0, 0.1) is 5.82 Å². The number of aromatic nitrogens is 1. The molecule has 25 heavy (non-hydrogen) atoms. The Kier molecular flexibility index (Phi) is 4.94. The van der Waals surface area contributed by atoms with Crippen molar-refractivity contribution in [2.45, 2.75) is 6.04 Å². The molecule has 7 heteroatoms. The lowest BCUT2D eigenvalue weighted by Crippen LogP contribution is -2.33. The Hall–Kier alpha value is -3.35. The Morgan fingerprint density at radius 1 is 1.24 bits per heavy atom. The van der Waals surface area contributed by atoms with Crippen molar-refractivity contribution in [3.8, 4) is 5.75 Å². The van der Waals surface area contributed by atoms with Crippen LogP contribution in [0.15, 0.2) is 65.5 Å². The fourth-order valence-corrected chi connectivity index (χ4v) is 2.43. The Balaban J connectivity index is 1.86. The fraction of sp³-hybridized carbons (Fsp3) is 0.111. The van der Waals surface area contributed by atoms with Crippen molar-refractivity contribution in [1.29, 1.82) is 0 Å². The van der Waals surface area contributed by atoms with E-state index in [1.807, 2.05) is 18.2 Å². The van der Waals surface area contributed by atoms with Crippen LogP contribution >= 0.6 is 0 Å². The fourth-order valence-electron chi connectivity index (χ4n) is 2.43. The number of anilines is 1. The van der Waals surface area contributed by atoms with Crippen molar-refractivity contribution in [3.63, 3.8) is 0 Å². The Bertz CT molecular complexity index is 852. The summed E-state index contributed by atoms with van der Waals surface area (Å²) in [5, 5.41) is 5.24. The van der Waals surface area contributed by atoms with E-state index in [-0.39, 0.29) is 5.69 Å². The molecule has 0 aliphatic heterocycles. The van der Waals surface area contributed by atoms with Crippen LogP contribution in [0.4, 0.5) is 14.9 Å². The summed E-state index contributed by atoms with van der Waals surface area (Å²) in [4.78, 5) is 16.0. The molecule has 0 fully saturated rings. The second-order valence-electron chi connectivity index (χ2n) is 5.14. The summed E-state index contributed by atoms with van der Waals surface area (Å²) in [6, 6.07) is 10.9. The highest BCUT2D eigenvalue weighted by atomic mass is 19.1. The molecule has 0 unspecified atom stereocenters. The van der Waals surface area contributed by atoms with Crippen LogP contribution in [0.2, 0.25) is 0 Å². The van der Waals surface area contributed by atoms with Crippen LogP contribution in [-0.4, -0.2) is 18.1 Å². The minimum absolute atomic E-state index is 0.0331. The third-order valence-corrected chi connectivity index (χ3v) is 3.57. The highest BCUT2D eigenvalue weighted by molar-refractivity contribution is 5.89. The standard InChI is InChI=1S/C18H16FN3O3/c1-24-15-6-3-2-5-12(15)17(16-7-4-10-25-16)22-18(23)21-14-8-9-20-11-13(14)19/h2-11,17H,1H3,(H2,20,21,22,23)/t17-/m1/s1. The number of pyridine rings is 1. The van der Waals surface area contributed by atoms with Crippen molar-refractivity contribution < 1.29 is 18.3 Å². The second kappa shape index (κ2) is 7.48. The number of amides is 2. The number of hydrogen-bond acceptors (Lipinski definition) is 4. The summed E-state index contributed by atoms with van der Waals surface area (Å²) in [6.45, 7) is 0. The number of halogens is 1. The van der Waals surface area contributed by atoms with Crippen molar-refractivity contribution in [1.82, 2.24) is 10.3 Å². The molecule has 2 amide bonds. The summed E-state index contributed by atoms with van der Waals surface area (Å²) in [7, 11) is 1.55. The number of furan rings is 1. The van der Waals surface area contributed by atoms with Gasteiger partial charge in [0.2, 0.25) is 0 Å². The zero-order valence-corrected chi connectivity index (χ0v) is 13.4.